The van der Waals surface area contributed by atoms with Crippen molar-refractivity contribution in [3.05, 3.63) is 69.5 Å². The first-order valence-corrected chi connectivity index (χ1v) is 10.5. The number of carbonyl (C=O) groups is 1. The number of sulfonamides is 1. The molecule has 156 valence electrons. The van der Waals surface area contributed by atoms with Crippen molar-refractivity contribution in [2.45, 2.75) is 13.8 Å². The van der Waals surface area contributed by atoms with Crippen LogP contribution in [0.1, 0.15) is 21.7 Å². The lowest BCUT2D eigenvalue weighted by atomic mass is 10.2. The van der Waals surface area contributed by atoms with Gasteiger partial charge in [0, 0.05) is 17.8 Å². The third-order valence-corrected chi connectivity index (χ3v) is 4.78. The van der Waals surface area contributed by atoms with Gasteiger partial charge in [0.1, 0.15) is 0 Å². The normalized spacial score (nSPS) is 11.2. The van der Waals surface area contributed by atoms with E-state index in [9.17, 15) is 23.3 Å². The number of non-ortho nitro benzene ring substituents is 1. The summed E-state index contributed by atoms with van der Waals surface area (Å²) in [5.41, 5.74) is 2.08. The molecule has 1 amide bonds. The predicted molar refractivity (Wildman–Crippen MR) is 110 cm³/mol. The quantitative estimate of drug-likeness (QED) is 0.450. The largest absolute Gasteiger partial charge is 0.320 e. The summed E-state index contributed by atoms with van der Waals surface area (Å²) < 4.78 is 26.7. The van der Waals surface area contributed by atoms with Gasteiger partial charge in [-0.05, 0) is 37.6 Å². The molecule has 1 heterocycles. The molecule has 0 aliphatic carbocycles. The highest BCUT2D eigenvalue weighted by Gasteiger charge is 2.19. The van der Waals surface area contributed by atoms with Crippen LogP contribution in [0.15, 0.2) is 42.5 Å². The number of aromatic nitrogens is 3. The number of rotatable bonds is 6. The minimum atomic E-state index is -3.48. The van der Waals surface area contributed by atoms with Crippen molar-refractivity contribution in [1.29, 1.82) is 0 Å². The van der Waals surface area contributed by atoms with Crippen molar-refractivity contribution in [2.75, 3.05) is 16.3 Å². The number of nitrogens with zero attached hydrogens (tertiary/aromatic N) is 4. The molecule has 0 fully saturated rings. The molecule has 2 aromatic carbocycles. The van der Waals surface area contributed by atoms with Crippen molar-refractivity contribution in [3.63, 3.8) is 0 Å². The number of benzene rings is 2. The van der Waals surface area contributed by atoms with E-state index in [1.54, 1.807) is 32.0 Å². The zero-order chi connectivity index (χ0) is 22.1. The summed E-state index contributed by atoms with van der Waals surface area (Å²) in [6.45, 7) is 3.34. The van der Waals surface area contributed by atoms with Gasteiger partial charge in [-0.1, -0.05) is 17.3 Å². The van der Waals surface area contributed by atoms with Crippen molar-refractivity contribution in [3.8, 4) is 5.69 Å². The average molecular weight is 430 g/mol. The van der Waals surface area contributed by atoms with Crippen LogP contribution in [0.5, 0.6) is 0 Å². The molecule has 1 aromatic heterocycles. The van der Waals surface area contributed by atoms with Crippen molar-refractivity contribution in [1.82, 2.24) is 15.0 Å². The van der Waals surface area contributed by atoms with Crippen LogP contribution in [0.25, 0.3) is 5.69 Å². The third-order valence-electron chi connectivity index (χ3n) is 4.19. The Morgan fingerprint density at radius 1 is 1.17 bits per heavy atom. The Kier molecular flexibility index (Phi) is 5.52. The first-order valence-electron chi connectivity index (χ1n) is 8.62. The first-order chi connectivity index (χ1) is 14.0. The van der Waals surface area contributed by atoms with E-state index in [1.807, 2.05) is 0 Å². The maximum atomic E-state index is 12.7. The Balaban J connectivity index is 1.86. The molecule has 0 atom stereocenters. The summed E-state index contributed by atoms with van der Waals surface area (Å²) in [4.78, 5) is 23.1. The van der Waals surface area contributed by atoms with E-state index >= 15 is 0 Å². The van der Waals surface area contributed by atoms with E-state index in [4.69, 9.17) is 0 Å². The number of amides is 1. The van der Waals surface area contributed by atoms with E-state index in [0.717, 1.165) is 6.26 Å². The first kappa shape index (κ1) is 20.9. The molecule has 0 saturated heterocycles. The van der Waals surface area contributed by atoms with Crippen molar-refractivity contribution in [2.24, 2.45) is 0 Å². The molecule has 3 rings (SSSR count). The van der Waals surface area contributed by atoms with Gasteiger partial charge >= 0.3 is 0 Å². The second kappa shape index (κ2) is 7.91. The smallest absolute Gasteiger partial charge is 0.278 e. The lowest BCUT2D eigenvalue weighted by molar-refractivity contribution is -0.384. The van der Waals surface area contributed by atoms with E-state index in [2.05, 4.69) is 20.4 Å². The number of nitro groups is 1. The van der Waals surface area contributed by atoms with Gasteiger partial charge in [0.2, 0.25) is 10.0 Å². The Labute approximate surface area is 171 Å². The standard InChI is InChI=1S/C18H18N6O5S/c1-11-7-8-13(9-16(11)21-30(3,28)29)19-18(25)17-12(2)23(22-20-17)14-5-4-6-15(10-14)24(26)27/h4-10,21H,1-3H3,(H,19,25). The minimum Gasteiger partial charge on any atom is -0.320 e. The zero-order valence-corrected chi connectivity index (χ0v) is 17.1. The van der Waals surface area contributed by atoms with Gasteiger partial charge in [-0.15, -0.1) is 5.10 Å². The van der Waals surface area contributed by atoms with Gasteiger partial charge in [0.05, 0.1) is 28.2 Å². The van der Waals surface area contributed by atoms with Crippen LogP contribution in [-0.2, 0) is 10.0 Å². The summed E-state index contributed by atoms with van der Waals surface area (Å²) >= 11 is 0. The number of nitro benzene ring substituents is 1. The monoisotopic (exact) mass is 430 g/mol. The van der Waals surface area contributed by atoms with Crippen LogP contribution >= 0.6 is 0 Å². The van der Waals surface area contributed by atoms with Gasteiger partial charge in [-0.25, -0.2) is 13.1 Å². The second-order valence-electron chi connectivity index (χ2n) is 6.57. The second-order valence-corrected chi connectivity index (χ2v) is 8.32. The van der Waals surface area contributed by atoms with Crippen LogP contribution in [0.2, 0.25) is 0 Å². The Morgan fingerprint density at radius 2 is 1.90 bits per heavy atom. The fourth-order valence-corrected chi connectivity index (χ4v) is 3.34. The number of anilines is 2. The summed E-state index contributed by atoms with van der Waals surface area (Å²) in [6.07, 6.45) is 1.04. The average Bonchev–Trinajstić information content (AvgIpc) is 3.05. The van der Waals surface area contributed by atoms with Crippen molar-refractivity contribution < 1.29 is 18.1 Å². The molecule has 0 bridgehead atoms. The maximum Gasteiger partial charge on any atom is 0.278 e. The molecule has 0 spiro atoms. The van der Waals surface area contributed by atoms with Crippen LogP contribution < -0.4 is 10.0 Å². The number of carbonyl (C=O) groups excluding carboxylic acids is 1. The molecule has 11 nitrogen and oxygen atoms in total. The number of aryl methyl sites for hydroxylation is 1. The van der Waals surface area contributed by atoms with Gasteiger partial charge in [0.25, 0.3) is 11.6 Å². The summed E-state index contributed by atoms with van der Waals surface area (Å²) in [6, 6.07) is 10.6. The van der Waals surface area contributed by atoms with Gasteiger partial charge in [-0.2, -0.15) is 0 Å². The Morgan fingerprint density at radius 3 is 2.57 bits per heavy atom. The lowest BCUT2D eigenvalue weighted by Crippen LogP contribution is -2.15. The van der Waals surface area contributed by atoms with E-state index in [0.29, 0.717) is 28.3 Å². The van der Waals surface area contributed by atoms with E-state index in [-0.39, 0.29) is 11.4 Å². The zero-order valence-electron chi connectivity index (χ0n) is 16.3. The highest BCUT2D eigenvalue weighted by Crippen LogP contribution is 2.23. The molecule has 30 heavy (non-hydrogen) atoms. The molecule has 2 N–H and O–H groups in total. The number of hydrogen-bond acceptors (Lipinski definition) is 7. The highest BCUT2D eigenvalue weighted by atomic mass is 32.2. The molecule has 12 heteroatoms. The Hall–Kier alpha value is -3.80. The summed E-state index contributed by atoms with van der Waals surface area (Å²) in [5.74, 6) is -0.557. The topological polar surface area (TPSA) is 149 Å². The summed E-state index contributed by atoms with van der Waals surface area (Å²) in [7, 11) is -3.48. The Bertz CT molecular complexity index is 1250. The van der Waals surface area contributed by atoms with Gasteiger partial charge < -0.3 is 5.32 Å². The van der Waals surface area contributed by atoms with E-state index < -0.39 is 20.9 Å². The molecular formula is C18H18N6O5S. The lowest BCUT2D eigenvalue weighted by Gasteiger charge is -2.11. The molecule has 0 unspecified atom stereocenters. The highest BCUT2D eigenvalue weighted by molar-refractivity contribution is 7.92. The predicted octanol–water partition coefficient (Wildman–Crippen LogP) is 2.42. The van der Waals surface area contributed by atoms with E-state index in [1.165, 1.54) is 28.9 Å². The number of hydrogen-bond donors (Lipinski definition) is 2. The molecule has 0 aliphatic rings. The molecule has 0 radical (unpaired) electrons. The molecular weight excluding hydrogens is 412 g/mol. The summed E-state index contributed by atoms with van der Waals surface area (Å²) in [5, 5.41) is 21.4. The van der Waals surface area contributed by atoms with Gasteiger partial charge in [-0.3, -0.25) is 19.6 Å². The SMILES string of the molecule is Cc1ccc(NC(=O)c2nnn(-c3cccc([N+](=O)[O-])c3)c2C)cc1NS(C)(=O)=O. The molecule has 0 saturated carbocycles. The minimum absolute atomic E-state index is 0.0275. The van der Waals surface area contributed by atoms with Gasteiger partial charge in [0.15, 0.2) is 5.69 Å². The van der Waals surface area contributed by atoms with Crippen LogP contribution in [0.4, 0.5) is 17.1 Å². The van der Waals surface area contributed by atoms with Crippen molar-refractivity contribution >= 4 is 33.0 Å². The van der Waals surface area contributed by atoms with Crippen LogP contribution in [0, 0.1) is 24.0 Å². The fourth-order valence-electron chi connectivity index (χ4n) is 2.72. The number of nitrogens with one attached hydrogen (secondary N) is 2. The molecule has 3 aromatic rings. The van der Waals surface area contributed by atoms with Crippen LogP contribution in [-0.4, -0.2) is 40.5 Å². The third kappa shape index (κ3) is 4.60. The fraction of sp³-hybridized carbons (Fsp3) is 0.167. The maximum absolute atomic E-state index is 12.7. The van der Waals surface area contributed by atoms with Crippen LogP contribution in [0.3, 0.4) is 0 Å². The molecule has 0 aliphatic heterocycles.